The van der Waals surface area contributed by atoms with E-state index in [0.717, 1.165) is 0 Å². The molecule has 0 heterocycles. The predicted molar refractivity (Wildman–Crippen MR) is 28.3 cm³/mol. The Kier molecular flexibility index (Phi) is 2.66. The van der Waals surface area contributed by atoms with Crippen molar-refractivity contribution in [3.63, 3.8) is 0 Å². The molecule has 0 saturated heterocycles. The molecule has 0 aromatic carbocycles. The Morgan fingerprint density at radius 2 is 2.11 bits per heavy atom. The fraction of sp³-hybridized carbons (Fsp3) is 0.500. The first-order chi connectivity index (χ1) is 4.09. The lowest BCUT2D eigenvalue weighted by molar-refractivity contribution is -0.138. The number of rotatable bonds is 2. The number of carbonyl (C=O) groups is 2. The molecule has 9 heavy (non-hydrogen) atoms. The third-order valence-electron chi connectivity index (χ3n) is 0.930. The largest absolute Gasteiger partial charge is 0.369 e. The number of primary amides is 1. The maximum atomic E-state index is 10.3. The Hall–Kier alpha value is -1.10. The van der Waals surface area contributed by atoms with Crippen LogP contribution >= 0.6 is 0 Å². The van der Waals surface area contributed by atoms with Gasteiger partial charge in [-0.25, -0.2) is 5.48 Å². The van der Waals surface area contributed by atoms with Crippen LogP contribution in [0.3, 0.4) is 0 Å². The Balaban J connectivity index is 3.88. The number of hydrogen-bond acceptors (Lipinski definition) is 3. The molecule has 0 aromatic rings. The molecule has 0 aliphatic rings. The van der Waals surface area contributed by atoms with Gasteiger partial charge in [-0.15, -0.1) is 0 Å². The van der Waals surface area contributed by atoms with Gasteiger partial charge in [0, 0.05) is 0 Å². The van der Waals surface area contributed by atoms with Gasteiger partial charge in [-0.2, -0.15) is 0 Å². The Labute approximate surface area is 51.8 Å². The van der Waals surface area contributed by atoms with Gasteiger partial charge in [0.25, 0.3) is 5.91 Å². The molecular weight excluding hydrogens is 124 g/mol. The highest BCUT2D eigenvalue weighted by Gasteiger charge is 2.16. The molecule has 1 atom stereocenters. The smallest absolute Gasteiger partial charge is 0.255 e. The monoisotopic (exact) mass is 132 g/mol. The lowest BCUT2D eigenvalue weighted by Gasteiger charge is -2.01. The summed E-state index contributed by atoms with van der Waals surface area (Å²) in [6.45, 7) is 1.30. The first kappa shape index (κ1) is 7.90. The fourth-order valence-corrected chi connectivity index (χ4v) is 0.226. The third-order valence-corrected chi connectivity index (χ3v) is 0.930. The second-order valence-electron chi connectivity index (χ2n) is 1.60. The summed E-state index contributed by atoms with van der Waals surface area (Å²) < 4.78 is 0. The van der Waals surface area contributed by atoms with E-state index in [4.69, 9.17) is 10.9 Å². The molecule has 1 unspecified atom stereocenters. The van der Waals surface area contributed by atoms with Crippen LogP contribution in [-0.2, 0) is 9.59 Å². The van der Waals surface area contributed by atoms with Crippen LogP contribution in [0.5, 0.6) is 0 Å². The maximum Gasteiger partial charge on any atom is 0.255 e. The van der Waals surface area contributed by atoms with Gasteiger partial charge in [0.15, 0.2) is 0 Å². The highest BCUT2D eigenvalue weighted by Crippen LogP contribution is 1.89. The minimum atomic E-state index is -0.977. The van der Waals surface area contributed by atoms with E-state index >= 15 is 0 Å². The van der Waals surface area contributed by atoms with Crippen LogP contribution in [0, 0.1) is 5.92 Å². The topological polar surface area (TPSA) is 92.4 Å². The highest BCUT2D eigenvalue weighted by molar-refractivity contribution is 5.98. The Morgan fingerprint density at radius 1 is 1.67 bits per heavy atom. The summed E-state index contributed by atoms with van der Waals surface area (Å²) in [7, 11) is 0. The number of nitrogens with one attached hydrogen (secondary N) is 1. The number of carbonyl (C=O) groups excluding carboxylic acids is 2. The normalized spacial score (nSPS) is 12.2. The standard InChI is InChI=1S/C4H8N2O3/c1-2(3(5)7)4(8)6-9/h2,9H,1H3,(H2,5,7)(H,6,8). The number of nitrogens with two attached hydrogens (primary N) is 1. The van der Waals surface area contributed by atoms with Gasteiger partial charge < -0.3 is 5.73 Å². The van der Waals surface area contributed by atoms with Crippen molar-refractivity contribution in [2.75, 3.05) is 0 Å². The van der Waals surface area contributed by atoms with Gasteiger partial charge in [-0.1, -0.05) is 0 Å². The summed E-state index contributed by atoms with van der Waals surface area (Å²) in [5, 5.41) is 7.95. The molecule has 0 spiro atoms. The van der Waals surface area contributed by atoms with E-state index in [0.29, 0.717) is 0 Å². The van der Waals surface area contributed by atoms with Crippen LogP contribution in [0.1, 0.15) is 6.92 Å². The summed E-state index contributed by atoms with van der Waals surface area (Å²) in [4.78, 5) is 20.4. The molecule has 0 fully saturated rings. The van der Waals surface area contributed by atoms with Gasteiger partial charge in [0.2, 0.25) is 5.91 Å². The van der Waals surface area contributed by atoms with Crippen LogP contribution in [0.2, 0.25) is 0 Å². The van der Waals surface area contributed by atoms with Gasteiger partial charge in [0.1, 0.15) is 5.92 Å². The lowest BCUT2D eigenvalue weighted by Crippen LogP contribution is -2.35. The highest BCUT2D eigenvalue weighted by atomic mass is 16.5. The van der Waals surface area contributed by atoms with Crippen molar-refractivity contribution in [2.24, 2.45) is 11.7 Å². The second-order valence-corrected chi connectivity index (χ2v) is 1.60. The number of amides is 2. The van der Waals surface area contributed by atoms with Crippen LogP contribution in [0.15, 0.2) is 0 Å². The summed E-state index contributed by atoms with van der Waals surface area (Å²) in [6.07, 6.45) is 0. The molecule has 0 saturated carbocycles. The van der Waals surface area contributed by atoms with Gasteiger partial charge in [-0.3, -0.25) is 14.8 Å². The average molecular weight is 132 g/mol. The second kappa shape index (κ2) is 3.03. The van der Waals surface area contributed by atoms with Crippen molar-refractivity contribution in [1.29, 1.82) is 0 Å². The Bertz CT molecular complexity index is 134. The van der Waals surface area contributed by atoms with Crippen LogP contribution in [0.25, 0.3) is 0 Å². The minimum Gasteiger partial charge on any atom is -0.369 e. The molecule has 2 amide bonds. The zero-order valence-corrected chi connectivity index (χ0v) is 4.92. The first-order valence-corrected chi connectivity index (χ1v) is 2.33. The van der Waals surface area contributed by atoms with Crippen molar-refractivity contribution in [1.82, 2.24) is 5.48 Å². The zero-order chi connectivity index (χ0) is 7.44. The SMILES string of the molecule is CC(C(N)=O)C(=O)NO. The van der Waals surface area contributed by atoms with Crippen molar-refractivity contribution in [3.05, 3.63) is 0 Å². The van der Waals surface area contributed by atoms with E-state index in [1.54, 1.807) is 0 Å². The zero-order valence-electron chi connectivity index (χ0n) is 4.92. The van der Waals surface area contributed by atoms with E-state index in [-0.39, 0.29) is 0 Å². The molecule has 0 aromatic heterocycles. The number of hydroxylamine groups is 1. The van der Waals surface area contributed by atoms with Crippen LogP contribution in [0.4, 0.5) is 0 Å². The maximum absolute atomic E-state index is 10.3. The summed E-state index contributed by atoms with van der Waals surface area (Å²) in [5.41, 5.74) is 6.01. The molecule has 0 aliphatic carbocycles. The van der Waals surface area contributed by atoms with E-state index in [1.165, 1.54) is 12.4 Å². The summed E-state index contributed by atoms with van der Waals surface area (Å²) in [5.74, 6) is -2.53. The molecule has 5 heteroatoms. The van der Waals surface area contributed by atoms with Gasteiger partial charge in [-0.05, 0) is 6.92 Å². The van der Waals surface area contributed by atoms with Crippen molar-refractivity contribution in [3.8, 4) is 0 Å². The molecule has 0 aliphatic heterocycles. The lowest BCUT2D eigenvalue weighted by atomic mass is 10.2. The van der Waals surface area contributed by atoms with Crippen LogP contribution < -0.4 is 11.2 Å². The summed E-state index contributed by atoms with van der Waals surface area (Å²) >= 11 is 0. The average Bonchev–Trinajstić information content (AvgIpc) is 1.84. The molecule has 5 nitrogen and oxygen atoms in total. The fourth-order valence-electron chi connectivity index (χ4n) is 0.226. The quantitative estimate of drug-likeness (QED) is 0.245. The summed E-state index contributed by atoms with van der Waals surface area (Å²) in [6, 6.07) is 0. The third kappa shape index (κ3) is 2.09. The first-order valence-electron chi connectivity index (χ1n) is 2.33. The minimum absolute atomic E-state index is 0.762. The number of hydrogen-bond donors (Lipinski definition) is 3. The van der Waals surface area contributed by atoms with Crippen molar-refractivity contribution < 1.29 is 14.8 Å². The molecular formula is C4H8N2O3. The van der Waals surface area contributed by atoms with Crippen LogP contribution in [-0.4, -0.2) is 17.0 Å². The predicted octanol–water partition coefficient (Wildman–Crippen LogP) is -1.39. The van der Waals surface area contributed by atoms with Crippen molar-refractivity contribution in [2.45, 2.75) is 6.92 Å². The van der Waals surface area contributed by atoms with E-state index in [1.807, 2.05) is 0 Å². The van der Waals surface area contributed by atoms with E-state index in [9.17, 15) is 9.59 Å². The molecule has 0 bridgehead atoms. The van der Waals surface area contributed by atoms with E-state index in [2.05, 4.69) is 0 Å². The molecule has 52 valence electrons. The van der Waals surface area contributed by atoms with E-state index < -0.39 is 17.7 Å². The van der Waals surface area contributed by atoms with Gasteiger partial charge >= 0.3 is 0 Å². The molecule has 4 N–H and O–H groups in total. The van der Waals surface area contributed by atoms with Gasteiger partial charge in [0.05, 0.1) is 0 Å². The Morgan fingerprint density at radius 3 is 2.22 bits per heavy atom. The van der Waals surface area contributed by atoms with Crippen molar-refractivity contribution >= 4 is 11.8 Å². The molecule has 0 radical (unpaired) electrons. The molecule has 0 rings (SSSR count).